The van der Waals surface area contributed by atoms with Crippen molar-refractivity contribution in [3.05, 3.63) is 110 Å². The second-order valence-corrected chi connectivity index (χ2v) is 29.8. The van der Waals surface area contributed by atoms with Gasteiger partial charge in [0.15, 0.2) is 0 Å². The molecule has 0 aromatic heterocycles. The second kappa shape index (κ2) is 37.7. The molecule has 0 atom stereocenters. The van der Waals surface area contributed by atoms with Crippen LogP contribution in [-0.4, -0.2) is 50.0 Å². The number of carbonyl (C=O) groups is 3. The molecule has 0 aliphatic heterocycles. The number of carbonyl (C=O) groups excluding carboxylic acids is 1. The number of esters is 1. The van der Waals surface area contributed by atoms with E-state index in [0.717, 1.165) is 62.9 Å². The largest absolute Gasteiger partial charge is 0.507 e. The molecule has 83 heavy (non-hydrogen) atoms. The van der Waals surface area contributed by atoms with Gasteiger partial charge in [0.2, 0.25) is 0 Å². The Bertz CT molecular complexity index is 2200. The number of hydrogen-bond acceptors (Lipinski definition) is 8. The van der Waals surface area contributed by atoms with E-state index in [0.29, 0.717) is 49.5 Å². The van der Waals surface area contributed by atoms with Gasteiger partial charge in [0.05, 0.1) is 6.61 Å². The molecule has 0 bridgehead atoms. The van der Waals surface area contributed by atoms with Gasteiger partial charge in [-0.2, -0.15) is 0 Å². The summed E-state index contributed by atoms with van der Waals surface area (Å²) >= 11 is 1.49. The minimum absolute atomic E-state index is 0.109. The summed E-state index contributed by atoms with van der Waals surface area (Å²) in [6.45, 7) is 47.0. The number of carboxylic acids is 2. The number of carboxylic acid groups (broad SMARTS) is 2. The fourth-order valence-electron chi connectivity index (χ4n) is 9.67. The number of aliphatic carboxylic acids is 2. The summed E-state index contributed by atoms with van der Waals surface area (Å²) in [6, 6.07) is 11.9. The molecule has 0 spiro atoms. The maximum atomic E-state index is 12.3. The number of aromatic hydroxyl groups is 3. The van der Waals surface area contributed by atoms with Gasteiger partial charge in [-0.1, -0.05) is 277 Å². The molecule has 5 N–H and O–H groups in total. The molecule has 10 heteroatoms. The first-order valence-electron chi connectivity index (χ1n) is 31.3. The van der Waals surface area contributed by atoms with Crippen LogP contribution in [0.2, 0.25) is 0 Å². The molecule has 0 radical (unpaired) electrons. The van der Waals surface area contributed by atoms with Crippen molar-refractivity contribution < 1.29 is 44.7 Å². The maximum absolute atomic E-state index is 12.3. The van der Waals surface area contributed by atoms with Gasteiger partial charge in [-0.05, 0) is 119 Å². The van der Waals surface area contributed by atoms with Crippen molar-refractivity contribution in [2.24, 2.45) is 0 Å². The van der Waals surface area contributed by atoms with Gasteiger partial charge in [-0.25, -0.2) is 0 Å². The summed E-state index contributed by atoms with van der Waals surface area (Å²) in [5, 5.41) is 53.1. The molecule has 0 saturated heterocycles. The van der Waals surface area contributed by atoms with Crippen molar-refractivity contribution in [3.8, 4) is 17.2 Å². The Kier molecular flexibility index (Phi) is 35.5. The van der Waals surface area contributed by atoms with Crippen LogP contribution in [0.15, 0.2) is 60.4 Å². The third-order valence-electron chi connectivity index (χ3n) is 14.7. The highest BCUT2D eigenvalue weighted by Crippen LogP contribution is 2.43. The quantitative estimate of drug-likeness (QED) is 0.0350. The lowest BCUT2D eigenvalue weighted by molar-refractivity contribution is -0.144. The standard InChI is InChI=1S/C35H62O3.2C17H26O3.C4H6S/c1-8-9-10-11-12-13-14-15-16-17-18-19-20-21-22-23-26-38-32(36)25-24-29-27-30(34(2,3)4)33(37)31(28-29)35(5,6)7;2*1-16(2,3)12-9-11(7-8-14(18)19)10-13(15(12)20)17(4,5)6;1-3-5-4-2/h27-28,37H,8-26H2,1-7H3;2*9-10,20H,7-8H2,1-6H3,(H,18,19);3-4H,1-2H2. The Morgan fingerprint density at radius 3 is 0.807 bits per heavy atom. The fourth-order valence-corrected chi connectivity index (χ4v) is 9.81. The SMILES string of the molecule is C=CSC=C.CC(C)(C)c1cc(CCC(=O)O)cc(C(C)(C)C)c1O.CC(C)(C)c1cc(CCC(=O)O)cc(C(C)(C)C)c1O.CCCCCCCCCCCCCCCCCCOC(=O)CCc1cc(C(C)(C)C)c(O)c(C(C)(C)C)c1. The number of phenols is 3. The Hall–Kier alpha value is -4.70. The summed E-state index contributed by atoms with van der Waals surface area (Å²) in [7, 11) is 0. The summed E-state index contributed by atoms with van der Waals surface area (Å²) in [4.78, 5) is 33.8. The molecule has 0 fully saturated rings. The van der Waals surface area contributed by atoms with Crippen molar-refractivity contribution >= 4 is 29.7 Å². The highest BCUT2D eigenvalue weighted by molar-refractivity contribution is 8.04. The average Bonchev–Trinajstić information content (AvgIpc) is 3.35. The van der Waals surface area contributed by atoms with Crippen LogP contribution < -0.4 is 0 Å². The number of unbranched alkanes of at least 4 members (excludes halogenated alkanes) is 15. The number of ether oxygens (including phenoxy) is 1. The molecular weight excluding hydrogens is 1050 g/mol. The zero-order chi connectivity index (χ0) is 64.0. The van der Waals surface area contributed by atoms with Crippen molar-refractivity contribution in [3.63, 3.8) is 0 Å². The normalized spacial score (nSPS) is 12.0. The molecule has 3 aromatic rings. The average molecular weight is 1170 g/mol. The molecule has 0 aliphatic carbocycles. The van der Waals surface area contributed by atoms with Gasteiger partial charge in [-0.3, -0.25) is 14.4 Å². The summed E-state index contributed by atoms with van der Waals surface area (Å²) in [5.41, 5.74) is 7.42. The molecule has 0 heterocycles. The van der Waals surface area contributed by atoms with E-state index in [-0.39, 0.29) is 51.3 Å². The van der Waals surface area contributed by atoms with E-state index >= 15 is 0 Å². The van der Waals surface area contributed by atoms with E-state index in [1.807, 2.05) is 24.3 Å². The van der Waals surface area contributed by atoms with Crippen LogP contribution in [0, 0.1) is 0 Å². The first-order valence-corrected chi connectivity index (χ1v) is 32.2. The van der Waals surface area contributed by atoms with Gasteiger partial charge >= 0.3 is 17.9 Å². The minimum Gasteiger partial charge on any atom is -0.507 e. The third kappa shape index (κ3) is 33.0. The van der Waals surface area contributed by atoms with Crippen LogP contribution in [0.5, 0.6) is 17.2 Å². The van der Waals surface area contributed by atoms with Gasteiger partial charge in [0, 0.05) is 19.3 Å². The predicted octanol–water partition coefficient (Wildman–Crippen LogP) is 20.7. The van der Waals surface area contributed by atoms with Crippen LogP contribution in [0.4, 0.5) is 0 Å². The van der Waals surface area contributed by atoms with Crippen LogP contribution in [0.25, 0.3) is 0 Å². The van der Waals surface area contributed by atoms with E-state index in [9.17, 15) is 29.7 Å². The Balaban J connectivity index is 0.00000126. The number of hydrogen-bond donors (Lipinski definition) is 5. The zero-order valence-electron chi connectivity index (χ0n) is 56.1. The Morgan fingerprint density at radius 1 is 0.398 bits per heavy atom. The second-order valence-electron chi connectivity index (χ2n) is 28.9. The summed E-state index contributed by atoms with van der Waals surface area (Å²) in [6.07, 6.45) is 23.7. The molecule has 3 rings (SSSR count). The van der Waals surface area contributed by atoms with E-state index in [1.165, 1.54) is 102 Å². The molecule has 0 saturated carbocycles. The first kappa shape index (κ1) is 78.3. The van der Waals surface area contributed by atoms with Crippen LogP contribution in [0.1, 0.15) is 304 Å². The molecule has 9 nitrogen and oxygen atoms in total. The smallest absolute Gasteiger partial charge is 0.306 e. The number of rotatable bonds is 28. The highest BCUT2D eigenvalue weighted by atomic mass is 32.2. The van der Waals surface area contributed by atoms with Crippen molar-refractivity contribution in [2.45, 2.75) is 305 Å². The van der Waals surface area contributed by atoms with E-state index in [2.05, 4.69) is 157 Å². The minimum atomic E-state index is -0.798. The number of aryl methyl sites for hydroxylation is 3. The lowest BCUT2D eigenvalue weighted by Gasteiger charge is -2.28. The van der Waals surface area contributed by atoms with Gasteiger partial charge in [0.25, 0.3) is 0 Å². The predicted molar refractivity (Wildman–Crippen MR) is 355 cm³/mol. The fraction of sp³-hybridized carbons (Fsp3) is 0.658. The van der Waals surface area contributed by atoms with Crippen LogP contribution >= 0.6 is 11.8 Å². The monoisotopic (exact) mass is 1170 g/mol. The topological polar surface area (TPSA) is 162 Å². The Labute approximate surface area is 511 Å². The lowest BCUT2D eigenvalue weighted by Crippen LogP contribution is -2.18. The molecule has 0 unspecified atom stereocenters. The molecule has 0 aliphatic rings. The lowest BCUT2D eigenvalue weighted by atomic mass is 9.78. The number of thioether (sulfide) groups is 1. The maximum Gasteiger partial charge on any atom is 0.306 e. The van der Waals surface area contributed by atoms with Crippen LogP contribution in [-0.2, 0) is 70.9 Å². The number of benzene rings is 3. The van der Waals surface area contributed by atoms with Gasteiger partial charge < -0.3 is 30.3 Å². The molecule has 0 amide bonds. The summed E-state index contributed by atoms with van der Waals surface area (Å²) < 4.78 is 5.51. The van der Waals surface area contributed by atoms with Crippen molar-refractivity contribution in [1.29, 1.82) is 0 Å². The van der Waals surface area contributed by atoms with Crippen molar-refractivity contribution in [2.75, 3.05) is 6.61 Å². The Morgan fingerprint density at radius 2 is 0.614 bits per heavy atom. The van der Waals surface area contributed by atoms with Crippen molar-refractivity contribution in [1.82, 2.24) is 0 Å². The zero-order valence-corrected chi connectivity index (χ0v) is 56.9. The highest BCUT2D eigenvalue weighted by Gasteiger charge is 2.29. The molecule has 472 valence electrons. The first-order chi connectivity index (χ1) is 38.2. The summed E-state index contributed by atoms with van der Waals surface area (Å²) in [5.74, 6) is -0.651. The van der Waals surface area contributed by atoms with E-state index < -0.39 is 11.9 Å². The van der Waals surface area contributed by atoms with Gasteiger partial charge in [-0.15, -0.1) is 11.8 Å². The molecule has 3 aromatic carbocycles. The van der Waals surface area contributed by atoms with E-state index in [4.69, 9.17) is 14.9 Å². The van der Waals surface area contributed by atoms with E-state index in [1.54, 1.807) is 10.8 Å². The van der Waals surface area contributed by atoms with Crippen LogP contribution in [0.3, 0.4) is 0 Å². The number of phenolic OH excluding ortho intramolecular Hbond substituents is 3. The molecular formula is C73H120O9S. The van der Waals surface area contributed by atoms with Gasteiger partial charge in [0.1, 0.15) is 17.2 Å². The third-order valence-corrected chi connectivity index (χ3v) is 15.1.